The van der Waals surface area contributed by atoms with Gasteiger partial charge in [-0.25, -0.2) is 8.42 Å². The molecule has 2 aromatic rings. The van der Waals surface area contributed by atoms with Gasteiger partial charge in [-0.15, -0.1) is 0 Å². The van der Waals surface area contributed by atoms with Crippen molar-refractivity contribution in [3.05, 3.63) is 63.1 Å². The van der Waals surface area contributed by atoms with E-state index in [2.05, 4.69) is 5.32 Å². The number of hydrogen-bond acceptors (Lipinski definition) is 4. The summed E-state index contributed by atoms with van der Waals surface area (Å²) in [5.74, 6) is -0.898. The lowest BCUT2D eigenvalue weighted by Gasteiger charge is -2.33. The first kappa shape index (κ1) is 28.2. The zero-order chi connectivity index (χ0) is 25.6. The Morgan fingerprint density at radius 3 is 2.09 bits per heavy atom. The van der Waals surface area contributed by atoms with E-state index >= 15 is 0 Å². The molecule has 0 aliphatic carbocycles. The Bertz CT molecular complexity index is 1120. The predicted octanol–water partition coefficient (Wildman–Crippen LogP) is 4.74. The van der Waals surface area contributed by atoms with E-state index in [4.69, 9.17) is 34.8 Å². The molecule has 0 unspecified atom stereocenters. The van der Waals surface area contributed by atoms with Crippen molar-refractivity contribution in [3.8, 4) is 0 Å². The van der Waals surface area contributed by atoms with Crippen LogP contribution in [0.5, 0.6) is 0 Å². The third-order valence-electron chi connectivity index (χ3n) is 4.97. The number of sulfonamides is 1. The Balaban J connectivity index is 2.46. The summed E-state index contributed by atoms with van der Waals surface area (Å²) >= 11 is 18.3. The molecule has 0 saturated heterocycles. The number of carbonyl (C=O) groups excluding carboxylic acids is 2. The molecule has 0 radical (unpaired) electrons. The maximum Gasteiger partial charge on any atom is 0.244 e. The lowest BCUT2D eigenvalue weighted by Crippen LogP contribution is -2.53. The molecule has 7 nitrogen and oxygen atoms in total. The zero-order valence-electron chi connectivity index (χ0n) is 19.4. The van der Waals surface area contributed by atoms with Gasteiger partial charge in [0.1, 0.15) is 12.6 Å². The first-order chi connectivity index (χ1) is 15.8. The first-order valence-corrected chi connectivity index (χ1v) is 13.6. The number of carbonyl (C=O) groups is 2. The average molecular weight is 549 g/mol. The van der Waals surface area contributed by atoms with Crippen LogP contribution in [0.4, 0.5) is 5.69 Å². The molecule has 0 aromatic heterocycles. The van der Waals surface area contributed by atoms with Gasteiger partial charge >= 0.3 is 0 Å². The van der Waals surface area contributed by atoms with Crippen LogP contribution in [0.1, 0.15) is 32.8 Å². The number of halogens is 3. The fourth-order valence-corrected chi connectivity index (χ4v) is 4.80. The third kappa shape index (κ3) is 7.77. The quantitative estimate of drug-likeness (QED) is 0.464. The van der Waals surface area contributed by atoms with E-state index in [-0.39, 0.29) is 24.2 Å². The van der Waals surface area contributed by atoms with Crippen molar-refractivity contribution in [2.45, 2.75) is 45.8 Å². The minimum Gasteiger partial charge on any atom is -0.352 e. The van der Waals surface area contributed by atoms with Crippen molar-refractivity contribution < 1.29 is 18.0 Å². The lowest BCUT2D eigenvalue weighted by atomic mass is 10.1. The molecule has 2 aromatic carbocycles. The standard InChI is InChI=1S/C23H28Cl3N3O4S/c1-5-21(23(31)27-15(2)3)28(13-16-6-7-18(25)12-20(16)26)22(30)14-29(34(4,32)33)19-10-8-17(24)9-11-19/h6-12,15,21H,5,13-14H2,1-4H3,(H,27,31)/t21-/m0/s1. The number of nitrogens with one attached hydrogen (secondary N) is 1. The summed E-state index contributed by atoms with van der Waals surface area (Å²) in [6.07, 6.45) is 1.33. The van der Waals surface area contributed by atoms with Gasteiger partial charge in [0.05, 0.1) is 11.9 Å². The minimum absolute atomic E-state index is 0.00290. The van der Waals surface area contributed by atoms with E-state index in [9.17, 15) is 18.0 Å². The Kier molecular flexibility index (Phi) is 10.1. The molecule has 1 N–H and O–H groups in total. The van der Waals surface area contributed by atoms with Gasteiger partial charge in [-0.1, -0.05) is 47.8 Å². The maximum atomic E-state index is 13.6. The van der Waals surface area contributed by atoms with Crippen molar-refractivity contribution in [1.82, 2.24) is 10.2 Å². The SMILES string of the molecule is CC[C@@H](C(=O)NC(C)C)N(Cc1ccc(Cl)cc1Cl)C(=O)CN(c1ccc(Cl)cc1)S(C)(=O)=O. The van der Waals surface area contributed by atoms with E-state index in [0.29, 0.717) is 27.1 Å². The number of rotatable bonds is 10. The highest BCUT2D eigenvalue weighted by molar-refractivity contribution is 7.92. The second-order valence-corrected chi connectivity index (χ2v) is 11.3. The van der Waals surface area contributed by atoms with Crippen LogP contribution >= 0.6 is 34.8 Å². The van der Waals surface area contributed by atoms with Gasteiger partial charge < -0.3 is 10.2 Å². The van der Waals surface area contributed by atoms with Gasteiger partial charge in [-0.2, -0.15) is 0 Å². The minimum atomic E-state index is -3.82. The molecule has 0 aliphatic heterocycles. The van der Waals surface area contributed by atoms with Crippen LogP contribution in [-0.2, 0) is 26.2 Å². The monoisotopic (exact) mass is 547 g/mol. The lowest BCUT2D eigenvalue weighted by molar-refractivity contribution is -0.140. The molecule has 2 rings (SSSR count). The van der Waals surface area contributed by atoms with Gasteiger partial charge in [-0.3, -0.25) is 13.9 Å². The highest BCUT2D eigenvalue weighted by Gasteiger charge is 2.32. The predicted molar refractivity (Wildman–Crippen MR) is 138 cm³/mol. The molecule has 0 saturated carbocycles. The Morgan fingerprint density at radius 1 is 1.00 bits per heavy atom. The van der Waals surface area contributed by atoms with Crippen LogP contribution in [0, 0.1) is 0 Å². The Hall–Kier alpha value is -2.00. The molecule has 0 bridgehead atoms. The number of amides is 2. The van der Waals surface area contributed by atoms with E-state index in [1.54, 1.807) is 25.1 Å². The van der Waals surface area contributed by atoms with Gasteiger partial charge in [0, 0.05) is 27.7 Å². The molecule has 11 heteroatoms. The molecule has 34 heavy (non-hydrogen) atoms. The summed E-state index contributed by atoms with van der Waals surface area (Å²) in [7, 11) is -3.82. The van der Waals surface area contributed by atoms with Crippen molar-refractivity contribution in [1.29, 1.82) is 0 Å². The van der Waals surface area contributed by atoms with Crippen LogP contribution in [0.2, 0.25) is 15.1 Å². The zero-order valence-corrected chi connectivity index (χ0v) is 22.5. The third-order valence-corrected chi connectivity index (χ3v) is 6.95. The average Bonchev–Trinajstić information content (AvgIpc) is 2.72. The summed E-state index contributed by atoms with van der Waals surface area (Å²) in [6.45, 7) is 4.91. The van der Waals surface area contributed by atoms with Crippen molar-refractivity contribution in [2.24, 2.45) is 0 Å². The second kappa shape index (κ2) is 12.1. The van der Waals surface area contributed by atoms with Crippen LogP contribution in [0.25, 0.3) is 0 Å². The van der Waals surface area contributed by atoms with Crippen molar-refractivity contribution in [3.63, 3.8) is 0 Å². The van der Waals surface area contributed by atoms with Crippen LogP contribution in [-0.4, -0.2) is 50.0 Å². The molecule has 2 amide bonds. The highest BCUT2D eigenvalue weighted by Crippen LogP contribution is 2.25. The van der Waals surface area contributed by atoms with Gasteiger partial charge in [0.25, 0.3) is 0 Å². The first-order valence-electron chi connectivity index (χ1n) is 10.6. The smallest absolute Gasteiger partial charge is 0.244 e. The normalized spacial score (nSPS) is 12.4. The summed E-state index contributed by atoms with van der Waals surface area (Å²) in [6, 6.07) is 9.98. The van der Waals surface area contributed by atoms with E-state index in [1.165, 1.54) is 29.2 Å². The fourth-order valence-electron chi connectivity index (χ4n) is 3.35. The van der Waals surface area contributed by atoms with E-state index in [1.807, 2.05) is 13.8 Å². The topological polar surface area (TPSA) is 86.8 Å². The van der Waals surface area contributed by atoms with Crippen molar-refractivity contribution in [2.75, 3.05) is 17.1 Å². The molecular formula is C23H28Cl3N3O4S. The number of hydrogen-bond donors (Lipinski definition) is 1. The fraction of sp³-hybridized carbons (Fsp3) is 0.391. The summed E-state index contributed by atoms with van der Waals surface area (Å²) in [5.41, 5.74) is 0.858. The molecule has 0 aliphatic rings. The van der Waals surface area contributed by atoms with Crippen LogP contribution in [0.15, 0.2) is 42.5 Å². The molecule has 0 heterocycles. The summed E-state index contributed by atoms with van der Waals surface area (Å²) < 4.78 is 26.1. The molecule has 0 spiro atoms. The van der Waals surface area contributed by atoms with Gasteiger partial charge in [-0.05, 0) is 62.2 Å². The van der Waals surface area contributed by atoms with E-state index < -0.39 is 28.5 Å². The molecule has 1 atom stereocenters. The Morgan fingerprint density at radius 2 is 1.59 bits per heavy atom. The van der Waals surface area contributed by atoms with Gasteiger partial charge in [0.15, 0.2) is 0 Å². The van der Waals surface area contributed by atoms with Crippen molar-refractivity contribution >= 4 is 62.3 Å². The maximum absolute atomic E-state index is 13.6. The summed E-state index contributed by atoms with van der Waals surface area (Å²) in [5, 5.41) is 4.02. The Labute approximate surface area is 216 Å². The number of benzene rings is 2. The highest BCUT2D eigenvalue weighted by atomic mass is 35.5. The summed E-state index contributed by atoms with van der Waals surface area (Å²) in [4.78, 5) is 27.9. The van der Waals surface area contributed by atoms with E-state index in [0.717, 1.165) is 10.6 Å². The van der Waals surface area contributed by atoms with Crippen LogP contribution in [0.3, 0.4) is 0 Å². The molecule has 186 valence electrons. The van der Waals surface area contributed by atoms with Crippen LogP contribution < -0.4 is 9.62 Å². The second-order valence-electron chi connectivity index (χ2n) is 8.09. The largest absolute Gasteiger partial charge is 0.352 e. The van der Waals surface area contributed by atoms with Gasteiger partial charge in [0.2, 0.25) is 21.8 Å². The number of anilines is 1. The molecular weight excluding hydrogens is 521 g/mol. The number of nitrogens with zero attached hydrogens (tertiary/aromatic N) is 2. The molecule has 0 fully saturated rings.